The van der Waals surface area contributed by atoms with Crippen molar-refractivity contribution in [2.75, 3.05) is 7.11 Å². The quantitative estimate of drug-likeness (QED) is 0.755. The summed E-state index contributed by atoms with van der Waals surface area (Å²) in [6, 6.07) is 5.53. The minimum absolute atomic E-state index is 0.0679. The summed E-state index contributed by atoms with van der Waals surface area (Å²) in [5.74, 6) is 0.856. The maximum atomic E-state index is 11.5. The van der Waals surface area contributed by atoms with Gasteiger partial charge >= 0.3 is 0 Å². The van der Waals surface area contributed by atoms with Crippen LogP contribution in [0.5, 0.6) is 5.75 Å². The zero-order chi connectivity index (χ0) is 15.5. The van der Waals surface area contributed by atoms with E-state index in [1.54, 1.807) is 20.1 Å². The summed E-state index contributed by atoms with van der Waals surface area (Å²) < 4.78 is 11.4. The summed E-state index contributed by atoms with van der Waals surface area (Å²) >= 11 is 0. The second-order valence-electron chi connectivity index (χ2n) is 6.76. The molecule has 116 valence electrons. The third-order valence-electron chi connectivity index (χ3n) is 4.45. The van der Waals surface area contributed by atoms with Crippen molar-refractivity contribution in [3.8, 4) is 5.75 Å². The van der Waals surface area contributed by atoms with Gasteiger partial charge < -0.3 is 9.47 Å². The zero-order valence-corrected chi connectivity index (χ0v) is 13.6. The largest absolute Gasteiger partial charge is 0.496 e. The van der Waals surface area contributed by atoms with Crippen molar-refractivity contribution in [3.63, 3.8) is 0 Å². The van der Waals surface area contributed by atoms with Crippen LogP contribution in [0.1, 0.15) is 62.4 Å². The standard InChI is InChI=1S/C18H26O3/c1-13(19)14-5-6-17(20-4)15(11-14)12-21-16-7-9-18(2,3)10-8-16/h5-6,11,16H,7-10,12H2,1-4H3. The molecule has 1 aromatic rings. The number of carbonyl (C=O) groups excluding carboxylic acids is 1. The second kappa shape index (κ2) is 6.61. The van der Waals surface area contributed by atoms with Crippen molar-refractivity contribution in [1.82, 2.24) is 0 Å². The van der Waals surface area contributed by atoms with Gasteiger partial charge in [0.15, 0.2) is 5.78 Å². The molecule has 21 heavy (non-hydrogen) atoms. The van der Waals surface area contributed by atoms with Gasteiger partial charge in [-0.2, -0.15) is 0 Å². The first-order valence-electron chi connectivity index (χ1n) is 7.71. The number of ketones is 1. The van der Waals surface area contributed by atoms with E-state index < -0.39 is 0 Å². The van der Waals surface area contributed by atoms with E-state index in [9.17, 15) is 4.79 Å². The van der Waals surface area contributed by atoms with E-state index >= 15 is 0 Å². The molecule has 0 heterocycles. The summed E-state index contributed by atoms with van der Waals surface area (Å²) in [6.07, 6.45) is 4.97. The van der Waals surface area contributed by atoms with Crippen LogP contribution in [0.2, 0.25) is 0 Å². The highest BCUT2D eigenvalue weighted by molar-refractivity contribution is 5.94. The van der Waals surface area contributed by atoms with Crippen LogP contribution >= 0.6 is 0 Å². The van der Waals surface area contributed by atoms with Crippen LogP contribution < -0.4 is 4.74 Å². The molecule has 1 aromatic carbocycles. The lowest BCUT2D eigenvalue weighted by atomic mass is 9.76. The molecule has 3 heteroatoms. The number of hydrogen-bond donors (Lipinski definition) is 0. The normalized spacial score (nSPS) is 18.5. The summed E-state index contributed by atoms with van der Waals surface area (Å²) in [5.41, 5.74) is 2.11. The molecule has 0 spiro atoms. The van der Waals surface area contributed by atoms with Crippen molar-refractivity contribution in [2.24, 2.45) is 5.41 Å². The van der Waals surface area contributed by atoms with Gasteiger partial charge in [0.2, 0.25) is 0 Å². The summed E-state index contributed by atoms with van der Waals surface area (Å²) in [5, 5.41) is 0. The first kappa shape index (κ1) is 16.0. The Morgan fingerprint density at radius 1 is 1.29 bits per heavy atom. The molecule has 0 aromatic heterocycles. The fourth-order valence-corrected chi connectivity index (χ4v) is 2.86. The lowest BCUT2D eigenvalue weighted by Crippen LogP contribution is -2.26. The number of ether oxygens (including phenoxy) is 2. The van der Waals surface area contributed by atoms with Gasteiger partial charge in [0.25, 0.3) is 0 Å². The number of methoxy groups -OCH3 is 1. The maximum absolute atomic E-state index is 11.5. The lowest BCUT2D eigenvalue weighted by molar-refractivity contribution is -0.00622. The summed E-state index contributed by atoms with van der Waals surface area (Å²) in [6.45, 7) is 6.73. The van der Waals surface area contributed by atoms with E-state index in [0.29, 0.717) is 23.7 Å². The fraction of sp³-hybridized carbons (Fsp3) is 0.611. The van der Waals surface area contributed by atoms with Crippen LogP contribution in [0.25, 0.3) is 0 Å². The molecule has 0 radical (unpaired) electrons. The van der Waals surface area contributed by atoms with E-state index in [1.165, 1.54) is 12.8 Å². The van der Waals surface area contributed by atoms with E-state index in [2.05, 4.69) is 13.8 Å². The van der Waals surface area contributed by atoms with Gasteiger partial charge in [-0.3, -0.25) is 4.79 Å². The molecule has 1 aliphatic rings. The number of carbonyl (C=O) groups is 1. The molecule has 2 rings (SSSR count). The fourth-order valence-electron chi connectivity index (χ4n) is 2.86. The molecule has 0 aliphatic heterocycles. The van der Waals surface area contributed by atoms with Crippen LogP contribution in [0.4, 0.5) is 0 Å². The van der Waals surface area contributed by atoms with E-state index in [1.807, 2.05) is 12.1 Å². The molecular weight excluding hydrogens is 264 g/mol. The van der Waals surface area contributed by atoms with E-state index in [0.717, 1.165) is 24.2 Å². The SMILES string of the molecule is COc1ccc(C(C)=O)cc1COC1CCC(C)(C)CC1. The molecular formula is C18H26O3. The zero-order valence-electron chi connectivity index (χ0n) is 13.6. The Bertz CT molecular complexity index is 495. The molecule has 0 bridgehead atoms. The lowest BCUT2D eigenvalue weighted by Gasteiger charge is -2.34. The van der Waals surface area contributed by atoms with Crippen molar-refractivity contribution in [3.05, 3.63) is 29.3 Å². The van der Waals surface area contributed by atoms with Crippen LogP contribution in [-0.4, -0.2) is 19.0 Å². The Morgan fingerprint density at radius 2 is 1.95 bits per heavy atom. The van der Waals surface area contributed by atoms with Gasteiger partial charge in [-0.25, -0.2) is 0 Å². The van der Waals surface area contributed by atoms with Gasteiger partial charge in [0.1, 0.15) is 5.75 Å². The highest BCUT2D eigenvalue weighted by atomic mass is 16.5. The van der Waals surface area contributed by atoms with Gasteiger partial charge in [0.05, 0.1) is 19.8 Å². The molecule has 0 unspecified atom stereocenters. The molecule has 0 saturated heterocycles. The number of hydrogen-bond acceptors (Lipinski definition) is 3. The van der Waals surface area contributed by atoms with Crippen LogP contribution in [0.15, 0.2) is 18.2 Å². The molecule has 1 fully saturated rings. The van der Waals surface area contributed by atoms with Crippen LogP contribution in [0, 0.1) is 5.41 Å². The second-order valence-corrected chi connectivity index (χ2v) is 6.76. The molecule has 0 N–H and O–H groups in total. The van der Waals surface area contributed by atoms with Crippen molar-refractivity contribution < 1.29 is 14.3 Å². The summed E-state index contributed by atoms with van der Waals surface area (Å²) in [4.78, 5) is 11.5. The molecule has 0 atom stereocenters. The minimum Gasteiger partial charge on any atom is -0.496 e. The van der Waals surface area contributed by atoms with Crippen molar-refractivity contribution in [2.45, 2.75) is 59.2 Å². The van der Waals surface area contributed by atoms with Crippen molar-refractivity contribution in [1.29, 1.82) is 0 Å². The predicted molar refractivity (Wildman–Crippen MR) is 83.8 cm³/mol. The highest BCUT2D eigenvalue weighted by Gasteiger charge is 2.27. The average molecular weight is 290 g/mol. The Labute approximate surface area is 127 Å². The molecule has 3 nitrogen and oxygen atoms in total. The van der Waals surface area contributed by atoms with Gasteiger partial charge in [-0.15, -0.1) is 0 Å². The predicted octanol–water partition coefficient (Wildman–Crippen LogP) is 4.38. The topological polar surface area (TPSA) is 35.5 Å². The van der Waals surface area contributed by atoms with Crippen LogP contribution in [0.3, 0.4) is 0 Å². The van der Waals surface area contributed by atoms with E-state index in [-0.39, 0.29) is 5.78 Å². The first-order valence-corrected chi connectivity index (χ1v) is 7.71. The molecule has 1 saturated carbocycles. The summed E-state index contributed by atoms with van der Waals surface area (Å²) in [7, 11) is 1.65. The van der Waals surface area contributed by atoms with Gasteiger partial charge in [0, 0.05) is 11.1 Å². The Kier molecular flexibility index (Phi) is 5.04. The third kappa shape index (κ3) is 4.31. The Hall–Kier alpha value is -1.35. The molecule has 1 aliphatic carbocycles. The monoisotopic (exact) mass is 290 g/mol. The van der Waals surface area contributed by atoms with Gasteiger partial charge in [-0.05, 0) is 56.2 Å². The van der Waals surface area contributed by atoms with Gasteiger partial charge in [-0.1, -0.05) is 13.8 Å². The number of rotatable bonds is 5. The van der Waals surface area contributed by atoms with Crippen molar-refractivity contribution >= 4 is 5.78 Å². The first-order chi connectivity index (χ1) is 9.91. The smallest absolute Gasteiger partial charge is 0.159 e. The average Bonchev–Trinajstić information content (AvgIpc) is 2.45. The third-order valence-corrected chi connectivity index (χ3v) is 4.45. The highest BCUT2D eigenvalue weighted by Crippen LogP contribution is 2.36. The van der Waals surface area contributed by atoms with Crippen LogP contribution in [-0.2, 0) is 11.3 Å². The minimum atomic E-state index is 0.0679. The molecule has 0 amide bonds. The maximum Gasteiger partial charge on any atom is 0.159 e. The number of benzene rings is 1. The van der Waals surface area contributed by atoms with E-state index in [4.69, 9.17) is 9.47 Å². The number of Topliss-reactive ketones (excluding diaryl/α,β-unsaturated/α-hetero) is 1. The Morgan fingerprint density at radius 3 is 2.52 bits per heavy atom. The Balaban J connectivity index is 1.99.